The monoisotopic (exact) mass is 541 g/mol. The zero-order valence-electron chi connectivity index (χ0n) is 22.6. The van der Waals surface area contributed by atoms with E-state index in [4.69, 9.17) is 21.7 Å². The molecule has 1 aliphatic heterocycles. The lowest BCUT2D eigenvalue weighted by Gasteiger charge is -2.47. The maximum atomic E-state index is 14.2. The summed E-state index contributed by atoms with van der Waals surface area (Å²) in [4.78, 5) is 30.8. The zero-order valence-corrected chi connectivity index (χ0v) is 23.3. The van der Waals surface area contributed by atoms with Crippen LogP contribution in [-0.4, -0.2) is 46.3 Å². The van der Waals surface area contributed by atoms with Gasteiger partial charge in [-0.25, -0.2) is 4.39 Å². The van der Waals surface area contributed by atoms with Gasteiger partial charge in [-0.05, 0) is 79.8 Å². The molecule has 204 valence electrons. The van der Waals surface area contributed by atoms with Crippen LogP contribution in [0.5, 0.6) is 0 Å². The van der Waals surface area contributed by atoms with Crippen molar-refractivity contribution in [3.8, 4) is 0 Å². The number of hydrogen-bond donors (Lipinski definition) is 2. The van der Waals surface area contributed by atoms with Gasteiger partial charge in [0.1, 0.15) is 11.5 Å². The summed E-state index contributed by atoms with van der Waals surface area (Å²) >= 11 is 6.19. The van der Waals surface area contributed by atoms with Gasteiger partial charge in [-0.1, -0.05) is 44.5 Å². The summed E-state index contributed by atoms with van der Waals surface area (Å²) in [6, 6.07) is 12.0. The second-order valence-electron chi connectivity index (χ2n) is 11.7. The predicted molar refractivity (Wildman–Crippen MR) is 148 cm³/mol. The molecule has 1 atom stereocenters. The normalized spacial score (nSPS) is 22.8. The summed E-state index contributed by atoms with van der Waals surface area (Å²) in [6.45, 7) is 9.71. The molecular formula is C30H37ClFN3O3. The molecule has 4 rings (SSSR count). The van der Waals surface area contributed by atoms with Crippen molar-refractivity contribution in [3.05, 3.63) is 70.0 Å². The number of nitrogens with zero attached hydrogens (tertiary/aromatic N) is 2. The Balaban J connectivity index is 1.58. The molecule has 1 aliphatic carbocycles. The van der Waals surface area contributed by atoms with Gasteiger partial charge in [0.05, 0.1) is 12.1 Å². The molecule has 1 fully saturated rings. The number of nitrogens with one attached hydrogen (secondary N) is 1. The van der Waals surface area contributed by atoms with Crippen LogP contribution >= 0.6 is 11.6 Å². The minimum Gasteiger partial charge on any atom is -0.481 e. The van der Waals surface area contributed by atoms with E-state index in [1.54, 1.807) is 18.2 Å². The number of rotatable bonds is 7. The van der Waals surface area contributed by atoms with E-state index in [-0.39, 0.29) is 41.8 Å². The lowest BCUT2D eigenvalue weighted by Crippen LogP contribution is -2.48. The molecule has 1 saturated carbocycles. The van der Waals surface area contributed by atoms with Crippen molar-refractivity contribution in [3.63, 3.8) is 0 Å². The van der Waals surface area contributed by atoms with E-state index in [9.17, 15) is 14.0 Å². The highest BCUT2D eigenvalue weighted by molar-refractivity contribution is 6.31. The van der Waals surface area contributed by atoms with Crippen LogP contribution < -0.4 is 5.32 Å². The minimum atomic E-state index is -0.951. The topological polar surface area (TPSA) is 82.0 Å². The van der Waals surface area contributed by atoms with Crippen LogP contribution in [0.2, 0.25) is 5.02 Å². The molecule has 1 unspecified atom stereocenters. The van der Waals surface area contributed by atoms with Crippen LogP contribution in [0.4, 0.5) is 4.39 Å². The third-order valence-corrected chi connectivity index (χ3v) is 8.37. The van der Waals surface area contributed by atoms with Gasteiger partial charge in [-0.15, -0.1) is 0 Å². The van der Waals surface area contributed by atoms with Crippen molar-refractivity contribution >= 4 is 29.2 Å². The molecule has 0 bridgehead atoms. The largest absolute Gasteiger partial charge is 0.481 e. The number of halogens is 2. The van der Waals surface area contributed by atoms with Crippen LogP contribution in [0.15, 0.2) is 47.5 Å². The molecule has 1 spiro atoms. The van der Waals surface area contributed by atoms with Gasteiger partial charge in [0.25, 0.3) is 5.91 Å². The van der Waals surface area contributed by atoms with Crippen molar-refractivity contribution in [1.82, 2.24) is 10.2 Å². The fourth-order valence-electron chi connectivity index (χ4n) is 5.86. The Kier molecular flexibility index (Phi) is 8.29. The number of carboxylic acid groups (broad SMARTS) is 1. The van der Waals surface area contributed by atoms with Crippen LogP contribution in [0.1, 0.15) is 87.3 Å². The van der Waals surface area contributed by atoms with Crippen LogP contribution in [0.3, 0.4) is 0 Å². The van der Waals surface area contributed by atoms with Crippen molar-refractivity contribution in [2.75, 3.05) is 13.1 Å². The first-order valence-electron chi connectivity index (χ1n) is 13.3. The fraction of sp³-hybridized carbons (Fsp3) is 0.500. The van der Waals surface area contributed by atoms with Crippen molar-refractivity contribution in [2.24, 2.45) is 16.3 Å². The van der Waals surface area contributed by atoms with Gasteiger partial charge in [-0.2, -0.15) is 0 Å². The van der Waals surface area contributed by atoms with Gasteiger partial charge in [0, 0.05) is 35.3 Å². The molecule has 0 radical (unpaired) electrons. The summed E-state index contributed by atoms with van der Waals surface area (Å²) in [6.07, 6.45) is 3.88. The Bertz CT molecular complexity index is 1190. The lowest BCUT2D eigenvalue weighted by molar-refractivity contribution is -0.136. The average Bonchev–Trinajstić information content (AvgIpc) is 3.21. The van der Waals surface area contributed by atoms with Gasteiger partial charge in [0.15, 0.2) is 0 Å². The highest BCUT2D eigenvalue weighted by Gasteiger charge is 2.48. The smallest absolute Gasteiger partial charge is 0.305 e. The molecular weight excluding hydrogens is 505 g/mol. The molecule has 38 heavy (non-hydrogen) atoms. The first-order valence-corrected chi connectivity index (χ1v) is 13.7. The van der Waals surface area contributed by atoms with Gasteiger partial charge in [-0.3, -0.25) is 19.5 Å². The molecule has 2 aromatic rings. The maximum absolute atomic E-state index is 14.2. The van der Waals surface area contributed by atoms with Crippen molar-refractivity contribution in [1.29, 1.82) is 0 Å². The molecule has 2 aliphatic rings. The van der Waals surface area contributed by atoms with Crippen LogP contribution in [0.25, 0.3) is 0 Å². The molecule has 2 N–H and O–H groups in total. The number of hydrogen-bond acceptors (Lipinski definition) is 4. The van der Waals surface area contributed by atoms with E-state index in [0.717, 1.165) is 42.5 Å². The van der Waals surface area contributed by atoms with Crippen molar-refractivity contribution < 1.29 is 19.1 Å². The molecule has 6 nitrogen and oxygen atoms in total. The number of aliphatic carboxylic acids is 1. The highest BCUT2D eigenvalue weighted by Crippen LogP contribution is 2.48. The highest BCUT2D eigenvalue weighted by atomic mass is 35.5. The van der Waals surface area contributed by atoms with Gasteiger partial charge in [0.2, 0.25) is 0 Å². The van der Waals surface area contributed by atoms with Crippen LogP contribution in [0, 0.1) is 17.2 Å². The van der Waals surface area contributed by atoms with E-state index in [2.05, 4.69) is 37.9 Å². The lowest BCUT2D eigenvalue weighted by atomic mass is 9.69. The average molecular weight is 542 g/mol. The molecule has 0 aromatic heterocycles. The van der Waals surface area contributed by atoms with Gasteiger partial charge < -0.3 is 10.4 Å². The summed E-state index contributed by atoms with van der Waals surface area (Å²) in [5.74, 6) is -0.999. The summed E-state index contributed by atoms with van der Waals surface area (Å²) in [5, 5.41) is 11.8. The molecule has 8 heteroatoms. The van der Waals surface area contributed by atoms with E-state index < -0.39 is 5.97 Å². The van der Waals surface area contributed by atoms with Gasteiger partial charge >= 0.3 is 5.97 Å². The van der Waals surface area contributed by atoms with Crippen molar-refractivity contribution in [2.45, 2.75) is 71.5 Å². The summed E-state index contributed by atoms with van der Waals surface area (Å²) in [7, 11) is 0. The van der Waals surface area contributed by atoms with E-state index in [0.29, 0.717) is 23.0 Å². The standard InChI is InChI=1S/C30H37ClFN3O3/c1-19(20-5-7-21(8-6-20)28(38)33-14-11-27(36)37)35-18-26(22-15-24(31)17-25(32)16-22)34-30(35)12-9-23(10-13-30)29(2,3)4/h5-8,15-17,19,23H,9-14,18H2,1-4H3,(H,33,38)(H,36,37). The molecule has 1 amide bonds. The Morgan fingerprint density at radius 1 is 1.18 bits per heavy atom. The SMILES string of the molecule is CC(c1ccc(C(=O)NCCC(=O)O)cc1)N1CC(c2cc(F)cc(Cl)c2)=NC12CCC(C(C)(C)C)CC2. The maximum Gasteiger partial charge on any atom is 0.305 e. The predicted octanol–water partition coefficient (Wildman–Crippen LogP) is 6.48. The zero-order chi connectivity index (χ0) is 27.7. The first-order chi connectivity index (χ1) is 17.9. The molecule has 1 heterocycles. The van der Waals surface area contributed by atoms with E-state index in [1.807, 2.05) is 12.1 Å². The fourth-order valence-corrected chi connectivity index (χ4v) is 6.08. The first kappa shape index (κ1) is 28.2. The number of aliphatic imine (C=N–C) groups is 1. The number of carboxylic acids is 1. The number of carbonyl (C=O) groups is 2. The quantitative estimate of drug-likeness (QED) is 0.420. The number of benzene rings is 2. The second kappa shape index (κ2) is 11.1. The third-order valence-electron chi connectivity index (χ3n) is 8.15. The van der Waals surface area contributed by atoms with E-state index in [1.165, 1.54) is 12.1 Å². The minimum absolute atomic E-state index is 0.00981. The number of carbonyl (C=O) groups excluding carboxylic acids is 1. The van der Waals surface area contributed by atoms with E-state index >= 15 is 0 Å². The Morgan fingerprint density at radius 3 is 2.42 bits per heavy atom. The Morgan fingerprint density at radius 2 is 1.84 bits per heavy atom. The molecule has 2 aromatic carbocycles. The summed E-state index contributed by atoms with van der Waals surface area (Å²) < 4.78 is 14.2. The Labute approximate surface area is 229 Å². The Hall–Kier alpha value is -2.77. The van der Waals surface area contributed by atoms with Crippen LogP contribution in [-0.2, 0) is 4.79 Å². The molecule has 0 saturated heterocycles. The summed E-state index contributed by atoms with van der Waals surface area (Å²) in [5.41, 5.74) is 2.97. The second-order valence-corrected chi connectivity index (χ2v) is 12.1. The third kappa shape index (κ3) is 6.26. The number of amides is 1.